The van der Waals surface area contributed by atoms with E-state index < -0.39 is 0 Å². The first kappa shape index (κ1) is 19.2. The Morgan fingerprint density at radius 3 is 2.07 bits per heavy atom. The molecule has 1 saturated heterocycles. The lowest BCUT2D eigenvalue weighted by molar-refractivity contribution is -0.135. The number of nitrogens with one attached hydrogen (secondary N) is 1. The van der Waals surface area contributed by atoms with Gasteiger partial charge in [0.25, 0.3) is 0 Å². The van der Waals surface area contributed by atoms with E-state index in [9.17, 15) is 9.59 Å². The largest absolute Gasteiger partial charge is 0.347 e. The van der Waals surface area contributed by atoms with Crippen molar-refractivity contribution in [1.29, 1.82) is 0 Å². The van der Waals surface area contributed by atoms with Crippen molar-refractivity contribution in [2.45, 2.75) is 32.1 Å². The van der Waals surface area contributed by atoms with Gasteiger partial charge < -0.3 is 10.2 Å². The fraction of sp³-hybridized carbons (Fsp3) is 0.391. The molecule has 0 radical (unpaired) electrons. The van der Waals surface area contributed by atoms with Crippen LogP contribution in [0.25, 0.3) is 0 Å². The van der Waals surface area contributed by atoms with E-state index in [0.717, 1.165) is 19.4 Å². The first-order valence-electron chi connectivity index (χ1n) is 9.69. The summed E-state index contributed by atoms with van der Waals surface area (Å²) in [7, 11) is 0. The van der Waals surface area contributed by atoms with Crippen LogP contribution in [0.1, 0.15) is 37.8 Å². The molecule has 2 aromatic rings. The van der Waals surface area contributed by atoms with Crippen molar-refractivity contribution in [3.8, 4) is 0 Å². The zero-order chi connectivity index (χ0) is 19.3. The van der Waals surface area contributed by atoms with Crippen molar-refractivity contribution in [2.24, 2.45) is 5.92 Å². The number of benzene rings is 2. The number of carbonyl (C=O) groups excluding carboxylic acids is 2. The Bertz CT molecular complexity index is 732. The number of hydrogen-bond acceptors (Lipinski definition) is 2. The minimum absolute atomic E-state index is 0.0139. The molecule has 3 rings (SSSR count). The lowest BCUT2D eigenvalue weighted by atomic mass is 9.69. The highest BCUT2D eigenvalue weighted by Gasteiger charge is 2.39. The molecule has 0 aromatic heterocycles. The average molecular weight is 364 g/mol. The first-order valence-corrected chi connectivity index (χ1v) is 9.69. The Balaban J connectivity index is 1.85. The molecule has 0 spiro atoms. The molecule has 0 bridgehead atoms. The fourth-order valence-electron chi connectivity index (χ4n) is 3.90. The summed E-state index contributed by atoms with van der Waals surface area (Å²) in [4.78, 5) is 26.5. The van der Waals surface area contributed by atoms with Crippen LogP contribution in [0.5, 0.6) is 0 Å². The number of nitrogens with zero attached hydrogens (tertiary/aromatic N) is 1. The van der Waals surface area contributed by atoms with Gasteiger partial charge in [-0.3, -0.25) is 9.59 Å². The SMILES string of the molecule is CC(C)C(=O)NCC(=O)N1CCCC(c2ccccc2)(c2ccccc2)C1. The van der Waals surface area contributed by atoms with E-state index in [-0.39, 0.29) is 29.7 Å². The molecule has 0 atom stereocenters. The summed E-state index contributed by atoms with van der Waals surface area (Å²) >= 11 is 0. The maximum Gasteiger partial charge on any atom is 0.242 e. The van der Waals surface area contributed by atoms with E-state index in [4.69, 9.17) is 0 Å². The Hall–Kier alpha value is -2.62. The summed E-state index contributed by atoms with van der Waals surface area (Å²) in [6, 6.07) is 20.9. The molecular weight excluding hydrogens is 336 g/mol. The molecule has 0 unspecified atom stereocenters. The summed E-state index contributed by atoms with van der Waals surface area (Å²) in [5.74, 6) is -0.218. The zero-order valence-corrected chi connectivity index (χ0v) is 16.2. The Labute approximate surface area is 161 Å². The molecule has 1 aliphatic rings. The molecule has 2 aromatic carbocycles. The molecule has 1 heterocycles. The minimum Gasteiger partial charge on any atom is -0.347 e. The third-order valence-corrected chi connectivity index (χ3v) is 5.44. The van der Waals surface area contributed by atoms with E-state index in [1.54, 1.807) is 0 Å². The molecule has 4 heteroatoms. The molecule has 142 valence electrons. The topological polar surface area (TPSA) is 49.4 Å². The highest BCUT2D eigenvalue weighted by molar-refractivity contribution is 5.85. The third kappa shape index (κ3) is 4.21. The first-order chi connectivity index (χ1) is 13.0. The summed E-state index contributed by atoms with van der Waals surface area (Å²) in [5, 5.41) is 2.76. The van der Waals surface area contributed by atoms with Crippen molar-refractivity contribution >= 4 is 11.8 Å². The molecule has 27 heavy (non-hydrogen) atoms. The average Bonchev–Trinajstić information content (AvgIpc) is 2.73. The van der Waals surface area contributed by atoms with E-state index in [0.29, 0.717) is 6.54 Å². The van der Waals surface area contributed by atoms with Gasteiger partial charge in [-0.05, 0) is 24.0 Å². The molecule has 0 saturated carbocycles. The summed E-state index contributed by atoms with van der Waals surface area (Å²) in [6.45, 7) is 5.10. The second-order valence-corrected chi connectivity index (χ2v) is 7.61. The third-order valence-electron chi connectivity index (χ3n) is 5.44. The van der Waals surface area contributed by atoms with Gasteiger partial charge >= 0.3 is 0 Å². The van der Waals surface area contributed by atoms with Gasteiger partial charge in [-0.25, -0.2) is 0 Å². The van der Waals surface area contributed by atoms with Crippen molar-refractivity contribution < 1.29 is 9.59 Å². The zero-order valence-electron chi connectivity index (χ0n) is 16.2. The van der Waals surface area contributed by atoms with Gasteiger partial charge in [0.05, 0.1) is 6.54 Å². The van der Waals surface area contributed by atoms with Gasteiger partial charge in [-0.2, -0.15) is 0 Å². The van der Waals surface area contributed by atoms with Crippen molar-refractivity contribution in [3.05, 3.63) is 71.8 Å². The van der Waals surface area contributed by atoms with Crippen LogP contribution in [-0.4, -0.2) is 36.3 Å². The van der Waals surface area contributed by atoms with Gasteiger partial charge in [0, 0.05) is 24.4 Å². The standard InChI is InChI=1S/C23H28N2O2/c1-18(2)22(27)24-16-21(26)25-15-9-14-23(17-25,19-10-5-3-6-11-19)20-12-7-4-8-13-20/h3-8,10-13,18H,9,14-17H2,1-2H3,(H,24,27). The lowest BCUT2D eigenvalue weighted by Gasteiger charge is -2.44. The van der Waals surface area contributed by atoms with Crippen LogP contribution in [0, 0.1) is 5.92 Å². The molecule has 0 aliphatic carbocycles. The van der Waals surface area contributed by atoms with Crippen LogP contribution in [-0.2, 0) is 15.0 Å². The van der Waals surface area contributed by atoms with E-state index in [1.165, 1.54) is 11.1 Å². The maximum atomic E-state index is 12.8. The second-order valence-electron chi connectivity index (χ2n) is 7.61. The number of likely N-dealkylation sites (tertiary alicyclic amines) is 1. The summed E-state index contributed by atoms with van der Waals surface area (Å²) < 4.78 is 0. The number of amides is 2. The molecule has 1 N–H and O–H groups in total. The van der Waals surface area contributed by atoms with Crippen LogP contribution in [0.3, 0.4) is 0 Å². The van der Waals surface area contributed by atoms with Crippen LogP contribution in [0.4, 0.5) is 0 Å². The molecule has 1 aliphatic heterocycles. The Morgan fingerprint density at radius 2 is 1.56 bits per heavy atom. The van der Waals surface area contributed by atoms with Crippen LogP contribution in [0.15, 0.2) is 60.7 Å². The maximum absolute atomic E-state index is 12.8. The normalized spacial score (nSPS) is 16.2. The number of rotatable bonds is 5. The van der Waals surface area contributed by atoms with Crippen molar-refractivity contribution in [3.63, 3.8) is 0 Å². The quantitative estimate of drug-likeness (QED) is 0.884. The summed E-state index contributed by atoms with van der Waals surface area (Å²) in [6.07, 6.45) is 1.94. The van der Waals surface area contributed by atoms with Gasteiger partial charge in [0.15, 0.2) is 0 Å². The van der Waals surface area contributed by atoms with E-state index >= 15 is 0 Å². The Morgan fingerprint density at radius 1 is 1.00 bits per heavy atom. The monoisotopic (exact) mass is 364 g/mol. The van der Waals surface area contributed by atoms with Crippen LogP contribution >= 0.6 is 0 Å². The van der Waals surface area contributed by atoms with E-state index in [2.05, 4.69) is 53.8 Å². The predicted molar refractivity (Wildman–Crippen MR) is 107 cm³/mol. The lowest BCUT2D eigenvalue weighted by Crippen LogP contribution is -2.51. The smallest absolute Gasteiger partial charge is 0.242 e. The predicted octanol–water partition coefficient (Wildman–Crippen LogP) is 3.37. The second kappa shape index (κ2) is 8.38. The molecular formula is C23H28N2O2. The molecule has 2 amide bonds. The number of carbonyl (C=O) groups is 2. The van der Waals surface area contributed by atoms with Gasteiger partial charge in [-0.15, -0.1) is 0 Å². The highest BCUT2D eigenvalue weighted by Crippen LogP contribution is 2.40. The van der Waals surface area contributed by atoms with Crippen molar-refractivity contribution in [1.82, 2.24) is 10.2 Å². The van der Waals surface area contributed by atoms with Crippen LogP contribution < -0.4 is 5.32 Å². The van der Waals surface area contributed by atoms with Gasteiger partial charge in [-0.1, -0.05) is 74.5 Å². The highest BCUT2D eigenvalue weighted by atomic mass is 16.2. The minimum atomic E-state index is -0.210. The molecule has 4 nitrogen and oxygen atoms in total. The number of hydrogen-bond donors (Lipinski definition) is 1. The Kier molecular flexibility index (Phi) is 5.94. The van der Waals surface area contributed by atoms with E-state index in [1.807, 2.05) is 30.9 Å². The van der Waals surface area contributed by atoms with Gasteiger partial charge in [0.2, 0.25) is 11.8 Å². The fourth-order valence-corrected chi connectivity index (χ4v) is 3.90. The molecule has 1 fully saturated rings. The van der Waals surface area contributed by atoms with Crippen molar-refractivity contribution in [2.75, 3.05) is 19.6 Å². The van der Waals surface area contributed by atoms with Gasteiger partial charge in [0.1, 0.15) is 0 Å². The number of piperidine rings is 1. The van der Waals surface area contributed by atoms with Crippen LogP contribution in [0.2, 0.25) is 0 Å². The summed E-state index contributed by atoms with van der Waals surface area (Å²) in [5.41, 5.74) is 2.26.